The maximum Gasteiger partial charge on any atom is 0.315 e. The van der Waals surface area contributed by atoms with Gasteiger partial charge in [0.15, 0.2) is 0 Å². The van der Waals surface area contributed by atoms with Crippen LogP contribution in [0.5, 0.6) is 0 Å². The maximum atomic E-state index is 13.8. The number of carbonyl (C=O) groups is 1. The van der Waals surface area contributed by atoms with Gasteiger partial charge in [0.25, 0.3) is 0 Å². The Balaban J connectivity index is 2.73. The fraction of sp³-hybridized carbons (Fsp3) is 0.533. The van der Waals surface area contributed by atoms with E-state index in [4.69, 9.17) is 0 Å². The Hall–Kier alpha value is -1.34. The van der Waals surface area contributed by atoms with Crippen molar-refractivity contribution in [3.63, 3.8) is 0 Å². The Morgan fingerprint density at radius 1 is 1.36 bits per heavy atom. The first-order chi connectivity index (χ1) is 10.4. The van der Waals surface area contributed by atoms with E-state index in [1.807, 2.05) is 6.26 Å². The second-order valence-corrected chi connectivity index (χ2v) is 6.07. The average Bonchev–Trinajstić information content (AvgIpc) is 2.48. The number of rotatable bonds is 7. The monoisotopic (exact) mass is 332 g/mol. The van der Waals surface area contributed by atoms with Crippen LogP contribution in [0.15, 0.2) is 18.2 Å². The summed E-state index contributed by atoms with van der Waals surface area (Å²) in [6.07, 6.45) is 2.27. The smallest absolute Gasteiger partial charge is 0.315 e. The Morgan fingerprint density at radius 2 is 2.05 bits per heavy atom. The van der Waals surface area contributed by atoms with Crippen LogP contribution in [0.4, 0.5) is 13.6 Å². The molecule has 22 heavy (non-hydrogen) atoms. The summed E-state index contributed by atoms with van der Waals surface area (Å²) in [4.78, 5) is 12.0. The molecule has 0 saturated carbocycles. The molecule has 0 aromatic heterocycles. The summed E-state index contributed by atoms with van der Waals surface area (Å²) >= 11 is 1.44. The third kappa shape index (κ3) is 5.14. The van der Waals surface area contributed by atoms with Crippen molar-refractivity contribution in [1.29, 1.82) is 0 Å². The lowest BCUT2D eigenvalue weighted by Gasteiger charge is -2.24. The average molecular weight is 332 g/mol. The minimum atomic E-state index is -0.621. The van der Waals surface area contributed by atoms with Crippen molar-refractivity contribution in [2.24, 2.45) is 0 Å². The molecule has 124 valence electrons. The minimum Gasteiger partial charge on any atom is -0.395 e. The van der Waals surface area contributed by atoms with Gasteiger partial charge in [-0.05, 0) is 37.8 Å². The molecule has 3 atom stereocenters. The zero-order valence-electron chi connectivity index (χ0n) is 12.9. The van der Waals surface area contributed by atoms with Crippen LogP contribution in [0.1, 0.15) is 31.9 Å². The molecular weight excluding hydrogens is 310 g/mol. The van der Waals surface area contributed by atoms with Gasteiger partial charge < -0.3 is 15.7 Å². The molecule has 0 radical (unpaired) electrons. The van der Waals surface area contributed by atoms with Crippen LogP contribution in [-0.4, -0.2) is 35.3 Å². The summed E-state index contributed by atoms with van der Waals surface area (Å²) in [5.41, 5.74) is 0.119. The standard InChI is InChI=1S/C15H22F2N2O2S/c1-4-13(11-7-10(16)5-6-12(11)17)19-15(21)18-9(2)14(8-20)22-3/h5-7,9,13-14,20H,4,8H2,1-3H3,(H2,18,19,21). The van der Waals surface area contributed by atoms with E-state index in [0.717, 1.165) is 18.2 Å². The number of amides is 2. The van der Waals surface area contributed by atoms with Gasteiger partial charge >= 0.3 is 6.03 Å². The van der Waals surface area contributed by atoms with Crippen LogP contribution in [0, 0.1) is 11.6 Å². The van der Waals surface area contributed by atoms with Crippen molar-refractivity contribution >= 4 is 17.8 Å². The predicted molar refractivity (Wildman–Crippen MR) is 84.9 cm³/mol. The van der Waals surface area contributed by atoms with E-state index in [1.165, 1.54) is 11.8 Å². The number of carbonyl (C=O) groups excluding carboxylic acids is 1. The summed E-state index contributed by atoms with van der Waals surface area (Å²) in [5.74, 6) is -1.10. The van der Waals surface area contributed by atoms with Crippen molar-refractivity contribution < 1.29 is 18.7 Å². The van der Waals surface area contributed by atoms with E-state index in [9.17, 15) is 18.7 Å². The van der Waals surface area contributed by atoms with Crippen LogP contribution in [0.3, 0.4) is 0 Å². The van der Waals surface area contributed by atoms with E-state index in [-0.39, 0.29) is 23.5 Å². The number of aliphatic hydroxyl groups is 1. The normalized spacial score (nSPS) is 15.0. The Labute approximate surface area is 133 Å². The molecule has 0 aliphatic rings. The minimum absolute atomic E-state index is 0.0572. The zero-order valence-corrected chi connectivity index (χ0v) is 13.7. The molecular formula is C15H22F2N2O2S. The first-order valence-corrected chi connectivity index (χ1v) is 8.37. The topological polar surface area (TPSA) is 61.4 Å². The summed E-state index contributed by atoms with van der Waals surface area (Å²) < 4.78 is 27.0. The van der Waals surface area contributed by atoms with Crippen molar-refractivity contribution in [3.05, 3.63) is 35.4 Å². The molecule has 0 aliphatic carbocycles. The molecule has 1 aromatic carbocycles. The molecule has 0 heterocycles. The fourth-order valence-corrected chi connectivity index (χ4v) is 2.74. The first kappa shape index (κ1) is 18.7. The fourth-order valence-electron chi connectivity index (χ4n) is 2.12. The van der Waals surface area contributed by atoms with Gasteiger partial charge in [-0.15, -0.1) is 0 Å². The van der Waals surface area contributed by atoms with E-state index in [0.29, 0.717) is 6.42 Å². The van der Waals surface area contributed by atoms with Crippen molar-refractivity contribution in [2.75, 3.05) is 12.9 Å². The molecule has 3 unspecified atom stereocenters. The Bertz CT molecular complexity index is 498. The third-order valence-electron chi connectivity index (χ3n) is 3.45. The molecule has 4 nitrogen and oxygen atoms in total. The molecule has 2 amide bonds. The number of hydrogen-bond donors (Lipinski definition) is 3. The number of nitrogens with one attached hydrogen (secondary N) is 2. The van der Waals surface area contributed by atoms with Crippen molar-refractivity contribution in [3.8, 4) is 0 Å². The van der Waals surface area contributed by atoms with E-state index < -0.39 is 23.7 Å². The molecule has 1 rings (SSSR count). The molecule has 0 aliphatic heterocycles. The van der Waals surface area contributed by atoms with Gasteiger partial charge in [0, 0.05) is 16.9 Å². The molecule has 7 heteroatoms. The van der Waals surface area contributed by atoms with Gasteiger partial charge in [-0.2, -0.15) is 11.8 Å². The summed E-state index contributed by atoms with van der Waals surface area (Å²) in [6.45, 7) is 3.50. The maximum absolute atomic E-state index is 13.8. The highest BCUT2D eigenvalue weighted by molar-refractivity contribution is 7.99. The van der Waals surface area contributed by atoms with Crippen LogP contribution in [0.25, 0.3) is 0 Å². The van der Waals surface area contributed by atoms with E-state index in [1.54, 1.807) is 13.8 Å². The lowest BCUT2D eigenvalue weighted by Crippen LogP contribution is -2.47. The summed E-state index contributed by atoms with van der Waals surface area (Å²) in [7, 11) is 0. The Kier molecular flexibility index (Phi) is 7.61. The van der Waals surface area contributed by atoms with E-state index in [2.05, 4.69) is 10.6 Å². The lowest BCUT2D eigenvalue weighted by molar-refractivity contribution is 0.228. The number of benzene rings is 1. The van der Waals surface area contributed by atoms with Crippen LogP contribution in [0.2, 0.25) is 0 Å². The van der Waals surface area contributed by atoms with Crippen molar-refractivity contribution in [2.45, 2.75) is 37.6 Å². The number of urea groups is 1. The quantitative estimate of drug-likeness (QED) is 0.719. The van der Waals surface area contributed by atoms with Crippen LogP contribution < -0.4 is 10.6 Å². The number of halogens is 2. The lowest BCUT2D eigenvalue weighted by atomic mass is 10.0. The van der Waals surface area contributed by atoms with Gasteiger partial charge in [-0.1, -0.05) is 6.92 Å². The van der Waals surface area contributed by atoms with E-state index >= 15 is 0 Å². The van der Waals surface area contributed by atoms with Gasteiger partial charge in [0.2, 0.25) is 0 Å². The number of thioether (sulfide) groups is 1. The predicted octanol–water partition coefficient (Wildman–Crippen LogP) is 2.83. The number of aliphatic hydroxyl groups excluding tert-OH is 1. The van der Waals surface area contributed by atoms with Gasteiger partial charge in [-0.25, -0.2) is 13.6 Å². The Morgan fingerprint density at radius 3 is 2.59 bits per heavy atom. The molecule has 0 fully saturated rings. The highest BCUT2D eigenvalue weighted by Gasteiger charge is 2.21. The first-order valence-electron chi connectivity index (χ1n) is 7.08. The highest BCUT2D eigenvalue weighted by atomic mass is 32.2. The summed E-state index contributed by atoms with van der Waals surface area (Å²) in [5, 5.41) is 14.4. The molecule has 0 bridgehead atoms. The largest absolute Gasteiger partial charge is 0.395 e. The summed E-state index contributed by atoms with van der Waals surface area (Å²) in [6, 6.07) is 1.82. The second kappa shape index (κ2) is 8.95. The SMILES string of the molecule is CCC(NC(=O)NC(C)C(CO)SC)c1cc(F)ccc1F. The molecule has 3 N–H and O–H groups in total. The molecule has 0 saturated heterocycles. The third-order valence-corrected chi connectivity index (χ3v) is 4.61. The van der Waals surface area contributed by atoms with Gasteiger partial charge in [0.05, 0.1) is 12.6 Å². The van der Waals surface area contributed by atoms with Crippen molar-refractivity contribution in [1.82, 2.24) is 10.6 Å². The highest BCUT2D eigenvalue weighted by Crippen LogP contribution is 2.21. The zero-order chi connectivity index (χ0) is 16.7. The molecule has 0 spiro atoms. The second-order valence-electron chi connectivity index (χ2n) is 4.99. The van der Waals surface area contributed by atoms with Gasteiger partial charge in [-0.3, -0.25) is 0 Å². The van der Waals surface area contributed by atoms with Crippen LogP contribution in [-0.2, 0) is 0 Å². The molecule has 1 aromatic rings. The van der Waals surface area contributed by atoms with Gasteiger partial charge in [0.1, 0.15) is 11.6 Å². The van der Waals surface area contributed by atoms with Crippen LogP contribution >= 0.6 is 11.8 Å². The number of hydrogen-bond acceptors (Lipinski definition) is 3.